The number of carbonyl (C=O) groups is 3. The number of hydrogen-bond donors (Lipinski definition) is 1. The minimum atomic E-state index is -1.28. The largest absolute Gasteiger partial charge is 0.337 e. The van der Waals surface area contributed by atoms with Gasteiger partial charge < -0.3 is 4.57 Å². The van der Waals surface area contributed by atoms with Gasteiger partial charge in [0.2, 0.25) is 5.91 Å². The highest BCUT2D eigenvalue weighted by atomic mass is 19.1. The second kappa shape index (κ2) is 7.68. The molecule has 0 unspecified atom stereocenters. The molecule has 0 aliphatic carbocycles. The molecule has 0 saturated carbocycles. The molecule has 26 heavy (non-hydrogen) atoms. The van der Waals surface area contributed by atoms with E-state index in [2.05, 4.69) is 15.3 Å². The average molecular weight is 357 g/mol. The van der Waals surface area contributed by atoms with Gasteiger partial charge in [-0.15, -0.1) is 0 Å². The summed E-state index contributed by atoms with van der Waals surface area (Å²) in [5, 5.41) is 2.06. The highest BCUT2D eigenvalue weighted by Gasteiger charge is 2.41. The molecular formula is C17H16FN5O3. The van der Waals surface area contributed by atoms with Crippen molar-refractivity contribution >= 4 is 29.7 Å². The lowest BCUT2D eigenvalue weighted by molar-refractivity contribution is -0.131. The van der Waals surface area contributed by atoms with Crippen molar-refractivity contribution in [2.45, 2.75) is 13.0 Å². The number of nitrogens with zero attached hydrogens (tertiary/aromatic N) is 4. The highest BCUT2D eigenvalue weighted by molar-refractivity contribution is 6.32. The molecule has 1 atom stereocenters. The van der Waals surface area contributed by atoms with Crippen molar-refractivity contribution in [1.82, 2.24) is 14.9 Å². The molecular weight excluding hydrogens is 341 g/mol. The average Bonchev–Trinajstić information content (AvgIpc) is 3.12. The molecule has 2 heterocycles. The van der Waals surface area contributed by atoms with Gasteiger partial charge in [-0.3, -0.25) is 19.9 Å². The molecule has 1 fully saturated rings. The second-order valence-corrected chi connectivity index (χ2v) is 5.61. The fourth-order valence-electron chi connectivity index (χ4n) is 2.53. The van der Waals surface area contributed by atoms with Crippen molar-refractivity contribution in [3.8, 4) is 0 Å². The number of carbonyl (C=O) groups excluding carboxylic acids is 3. The Morgan fingerprint density at radius 2 is 2.08 bits per heavy atom. The van der Waals surface area contributed by atoms with Gasteiger partial charge in [-0.1, -0.05) is 12.1 Å². The van der Waals surface area contributed by atoms with Gasteiger partial charge in [0.25, 0.3) is 5.91 Å². The van der Waals surface area contributed by atoms with Crippen molar-refractivity contribution in [2.24, 2.45) is 10.9 Å². The Morgan fingerprint density at radius 3 is 2.81 bits per heavy atom. The number of para-hydroxylation sites is 1. The predicted octanol–water partition coefficient (Wildman–Crippen LogP) is 1.38. The van der Waals surface area contributed by atoms with Gasteiger partial charge in [0.15, 0.2) is 5.92 Å². The normalized spacial score (nSPS) is 17.8. The lowest BCUT2D eigenvalue weighted by Crippen LogP contribution is -2.58. The second-order valence-electron chi connectivity index (χ2n) is 5.61. The third-order valence-electron chi connectivity index (χ3n) is 3.81. The third-order valence-corrected chi connectivity index (χ3v) is 3.81. The molecule has 1 aromatic heterocycles. The van der Waals surface area contributed by atoms with E-state index in [4.69, 9.17) is 0 Å². The Kier molecular flexibility index (Phi) is 5.16. The Hall–Kier alpha value is -3.36. The molecule has 1 aliphatic heterocycles. The molecule has 1 aliphatic rings. The summed E-state index contributed by atoms with van der Waals surface area (Å²) >= 11 is 0. The van der Waals surface area contributed by atoms with Crippen LogP contribution >= 0.6 is 0 Å². The summed E-state index contributed by atoms with van der Waals surface area (Å²) in [6.07, 6.45) is 7.05. The van der Waals surface area contributed by atoms with Gasteiger partial charge in [0.1, 0.15) is 5.82 Å². The molecule has 9 heteroatoms. The van der Waals surface area contributed by atoms with E-state index in [1.807, 2.05) is 10.8 Å². The maximum Gasteiger partial charge on any atom is 0.335 e. The summed E-state index contributed by atoms with van der Waals surface area (Å²) in [6.45, 7) is 1.09. The van der Waals surface area contributed by atoms with Crippen molar-refractivity contribution in [2.75, 3.05) is 11.4 Å². The number of urea groups is 1. The number of anilines is 1. The number of nitrogens with one attached hydrogen (secondary N) is 1. The van der Waals surface area contributed by atoms with Crippen LogP contribution in [-0.4, -0.2) is 40.2 Å². The van der Waals surface area contributed by atoms with E-state index in [0.717, 1.165) is 6.07 Å². The molecule has 1 aromatic carbocycles. The molecule has 134 valence electrons. The molecule has 0 bridgehead atoms. The predicted molar refractivity (Wildman–Crippen MR) is 91.1 cm³/mol. The van der Waals surface area contributed by atoms with E-state index in [0.29, 0.717) is 24.4 Å². The van der Waals surface area contributed by atoms with Crippen LogP contribution in [0.3, 0.4) is 0 Å². The van der Waals surface area contributed by atoms with Crippen molar-refractivity contribution in [1.29, 1.82) is 0 Å². The molecule has 1 N–H and O–H groups in total. The van der Waals surface area contributed by atoms with Gasteiger partial charge in [-0.05, 0) is 18.6 Å². The molecule has 3 rings (SSSR count). The van der Waals surface area contributed by atoms with Crippen LogP contribution in [0.4, 0.5) is 14.9 Å². The van der Waals surface area contributed by atoms with Crippen LogP contribution < -0.4 is 10.2 Å². The van der Waals surface area contributed by atoms with Crippen molar-refractivity contribution in [3.05, 3.63) is 48.8 Å². The van der Waals surface area contributed by atoms with Gasteiger partial charge in [0.05, 0.1) is 12.0 Å². The standard InChI is InChI=1S/C17H16FN5O3/c18-13-4-1-2-5-14(13)23-16(25)12(15(24)21-17(23)26)10-19-6-3-8-22-9-7-20-11-22/h1-2,4-5,7,9-12H,3,6,8H2,(H,21,24,26)/t12-/m0/s1. The zero-order chi connectivity index (χ0) is 18.5. The SMILES string of the molecule is O=C1NC(=O)N(c2ccccc2F)C(=O)[C@H]1C=NCCCn1ccnc1. The van der Waals surface area contributed by atoms with E-state index >= 15 is 0 Å². The smallest absolute Gasteiger partial charge is 0.335 e. The Morgan fingerprint density at radius 1 is 1.27 bits per heavy atom. The monoisotopic (exact) mass is 357 g/mol. The first kappa shape index (κ1) is 17.5. The minimum absolute atomic E-state index is 0.207. The van der Waals surface area contributed by atoms with Crippen LogP contribution in [0.25, 0.3) is 0 Å². The van der Waals surface area contributed by atoms with E-state index in [-0.39, 0.29) is 5.69 Å². The number of aromatic nitrogens is 2. The van der Waals surface area contributed by atoms with E-state index < -0.39 is 29.6 Å². The number of imide groups is 2. The number of amides is 4. The Labute approximate surface area is 148 Å². The number of aryl methyl sites for hydroxylation is 1. The van der Waals surface area contributed by atoms with Crippen LogP contribution in [0.15, 0.2) is 48.0 Å². The quantitative estimate of drug-likeness (QED) is 0.480. The van der Waals surface area contributed by atoms with Gasteiger partial charge in [-0.25, -0.2) is 19.1 Å². The fraction of sp³-hybridized carbons (Fsp3) is 0.235. The van der Waals surface area contributed by atoms with Gasteiger partial charge in [0, 0.05) is 31.7 Å². The first-order chi connectivity index (χ1) is 12.6. The lowest BCUT2D eigenvalue weighted by Gasteiger charge is -2.28. The number of imidazole rings is 1. The topological polar surface area (TPSA) is 96.7 Å². The zero-order valence-corrected chi connectivity index (χ0v) is 13.7. The van der Waals surface area contributed by atoms with E-state index in [1.54, 1.807) is 12.5 Å². The zero-order valence-electron chi connectivity index (χ0n) is 13.7. The summed E-state index contributed by atoms with van der Waals surface area (Å²) in [5.74, 6) is -3.62. The number of aliphatic imine (C=N–C) groups is 1. The van der Waals surface area contributed by atoms with Crippen LogP contribution in [0.5, 0.6) is 0 Å². The molecule has 0 radical (unpaired) electrons. The number of benzene rings is 1. The van der Waals surface area contributed by atoms with E-state index in [1.165, 1.54) is 24.4 Å². The van der Waals surface area contributed by atoms with Crippen molar-refractivity contribution < 1.29 is 18.8 Å². The number of rotatable bonds is 6. The molecule has 0 spiro atoms. The molecule has 4 amide bonds. The third kappa shape index (κ3) is 3.66. The molecule has 2 aromatic rings. The van der Waals surface area contributed by atoms with Crippen LogP contribution in [-0.2, 0) is 16.1 Å². The van der Waals surface area contributed by atoms with Crippen LogP contribution in [0.2, 0.25) is 0 Å². The number of halogens is 1. The maximum atomic E-state index is 13.9. The summed E-state index contributed by atoms with van der Waals surface area (Å²) in [5.41, 5.74) is -0.207. The summed E-state index contributed by atoms with van der Waals surface area (Å²) in [4.78, 5) is 45.1. The van der Waals surface area contributed by atoms with Gasteiger partial charge >= 0.3 is 6.03 Å². The molecule has 8 nitrogen and oxygen atoms in total. The summed E-state index contributed by atoms with van der Waals surface area (Å²) in [6, 6.07) is 4.38. The lowest BCUT2D eigenvalue weighted by atomic mass is 10.1. The molecule has 1 saturated heterocycles. The fourth-order valence-corrected chi connectivity index (χ4v) is 2.53. The Balaban J connectivity index is 1.67. The summed E-state index contributed by atoms with van der Waals surface area (Å²) in [7, 11) is 0. The minimum Gasteiger partial charge on any atom is -0.337 e. The maximum absolute atomic E-state index is 13.9. The van der Waals surface area contributed by atoms with Crippen molar-refractivity contribution in [3.63, 3.8) is 0 Å². The first-order valence-corrected chi connectivity index (χ1v) is 7.97. The first-order valence-electron chi connectivity index (χ1n) is 7.97. The van der Waals surface area contributed by atoms with Gasteiger partial charge in [-0.2, -0.15) is 0 Å². The highest BCUT2D eigenvalue weighted by Crippen LogP contribution is 2.23. The van der Waals surface area contributed by atoms with Crippen LogP contribution in [0, 0.1) is 11.7 Å². The Bertz CT molecular complexity index is 850. The number of hydrogen-bond acceptors (Lipinski definition) is 5. The summed E-state index contributed by atoms with van der Waals surface area (Å²) < 4.78 is 15.8. The number of barbiturate groups is 1. The van der Waals surface area contributed by atoms with E-state index in [9.17, 15) is 18.8 Å². The van der Waals surface area contributed by atoms with Crippen LogP contribution in [0.1, 0.15) is 6.42 Å².